The van der Waals surface area contributed by atoms with Crippen LogP contribution >= 0.6 is 11.6 Å². The van der Waals surface area contributed by atoms with Gasteiger partial charge in [-0.25, -0.2) is 0 Å². The molecule has 1 rings (SSSR count). The van der Waals surface area contributed by atoms with Crippen LogP contribution in [-0.4, -0.2) is 11.2 Å². The normalized spacial score (nSPS) is 13.0. The van der Waals surface area contributed by atoms with E-state index in [1.54, 1.807) is 6.92 Å². The largest absolute Gasteiger partial charge is 0.393 e. The zero-order valence-electron chi connectivity index (χ0n) is 7.34. The summed E-state index contributed by atoms with van der Waals surface area (Å²) in [7, 11) is 0. The van der Waals surface area contributed by atoms with Crippen LogP contribution in [0.3, 0.4) is 0 Å². The molecule has 66 valence electrons. The maximum Gasteiger partial charge on any atom is 0.0552 e. The maximum atomic E-state index is 9.18. The van der Waals surface area contributed by atoms with E-state index >= 15 is 0 Å². The zero-order chi connectivity index (χ0) is 9.14. The van der Waals surface area contributed by atoms with Crippen molar-refractivity contribution in [2.75, 3.05) is 0 Å². The average Bonchev–Trinajstić information content (AvgIpc) is 1.98. The zero-order valence-corrected chi connectivity index (χ0v) is 8.10. The molecule has 0 saturated heterocycles. The number of benzene rings is 1. The lowest BCUT2D eigenvalue weighted by atomic mass is 10.0. The van der Waals surface area contributed by atoms with Crippen molar-refractivity contribution in [3.63, 3.8) is 0 Å². The van der Waals surface area contributed by atoms with Crippen LogP contribution in [-0.2, 0) is 6.42 Å². The number of aliphatic hydroxyl groups excluding tert-OH is 1. The fraction of sp³-hybridized carbons (Fsp3) is 0.400. The first-order valence-corrected chi connectivity index (χ1v) is 4.41. The van der Waals surface area contributed by atoms with E-state index in [1.807, 2.05) is 25.1 Å². The second-order valence-corrected chi connectivity index (χ2v) is 3.48. The van der Waals surface area contributed by atoms with Crippen molar-refractivity contribution in [2.45, 2.75) is 26.4 Å². The molecule has 0 spiro atoms. The number of hydrogen-bond acceptors (Lipinski definition) is 1. The van der Waals surface area contributed by atoms with Gasteiger partial charge in [0, 0.05) is 5.02 Å². The van der Waals surface area contributed by atoms with Crippen LogP contribution in [0.5, 0.6) is 0 Å². The van der Waals surface area contributed by atoms with Crippen LogP contribution in [0.15, 0.2) is 18.2 Å². The summed E-state index contributed by atoms with van der Waals surface area (Å²) in [6.07, 6.45) is 0.369. The van der Waals surface area contributed by atoms with Gasteiger partial charge in [0.15, 0.2) is 0 Å². The molecule has 1 nitrogen and oxygen atoms in total. The van der Waals surface area contributed by atoms with Crippen molar-refractivity contribution in [1.29, 1.82) is 0 Å². The molecule has 0 unspecified atom stereocenters. The second kappa shape index (κ2) is 3.92. The molecule has 1 N–H and O–H groups in total. The molecule has 0 aliphatic carbocycles. The van der Waals surface area contributed by atoms with Crippen LogP contribution in [0.1, 0.15) is 18.1 Å². The van der Waals surface area contributed by atoms with Gasteiger partial charge in [-0.3, -0.25) is 0 Å². The Hall–Kier alpha value is -0.530. The van der Waals surface area contributed by atoms with E-state index in [2.05, 4.69) is 0 Å². The van der Waals surface area contributed by atoms with E-state index in [-0.39, 0.29) is 6.10 Å². The van der Waals surface area contributed by atoms with Gasteiger partial charge >= 0.3 is 0 Å². The van der Waals surface area contributed by atoms with E-state index in [0.717, 1.165) is 16.1 Å². The molecule has 1 aromatic rings. The highest BCUT2D eigenvalue weighted by molar-refractivity contribution is 6.31. The van der Waals surface area contributed by atoms with Crippen molar-refractivity contribution < 1.29 is 5.11 Å². The third-order valence-electron chi connectivity index (χ3n) is 1.90. The molecule has 0 radical (unpaired) electrons. The summed E-state index contributed by atoms with van der Waals surface area (Å²) in [6.45, 7) is 3.75. The van der Waals surface area contributed by atoms with Crippen molar-refractivity contribution in [3.05, 3.63) is 34.3 Å². The average molecular weight is 185 g/mol. The predicted octanol–water partition coefficient (Wildman–Crippen LogP) is 2.57. The van der Waals surface area contributed by atoms with Gasteiger partial charge in [0.1, 0.15) is 0 Å². The molecule has 0 bridgehead atoms. The molecule has 0 saturated carbocycles. The first-order chi connectivity index (χ1) is 5.61. The van der Waals surface area contributed by atoms with Crippen molar-refractivity contribution in [2.24, 2.45) is 0 Å². The van der Waals surface area contributed by atoms with Crippen LogP contribution in [0, 0.1) is 6.92 Å². The van der Waals surface area contributed by atoms with E-state index < -0.39 is 0 Å². The van der Waals surface area contributed by atoms with E-state index in [4.69, 9.17) is 11.6 Å². The highest BCUT2D eigenvalue weighted by Crippen LogP contribution is 2.19. The lowest BCUT2D eigenvalue weighted by Crippen LogP contribution is -2.05. The molecule has 0 aliphatic heterocycles. The molecule has 0 amide bonds. The Bertz CT molecular complexity index is 269. The summed E-state index contributed by atoms with van der Waals surface area (Å²) in [5.74, 6) is 0. The van der Waals surface area contributed by atoms with Gasteiger partial charge in [0.25, 0.3) is 0 Å². The van der Waals surface area contributed by atoms with Crippen LogP contribution < -0.4 is 0 Å². The number of halogens is 1. The standard InChI is InChI=1S/C10H13ClO/c1-7(12)6-9-4-3-5-10(11)8(9)2/h3-5,7,12H,6H2,1-2H3/t7-/m1/s1. The molecule has 1 aromatic carbocycles. The van der Waals surface area contributed by atoms with Gasteiger partial charge in [0.2, 0.25) is 0 Å². The number of aliphatic hydroxyl groups is 1. The Kier molecular flexibility index (Phi) is 3.12. The van der Waals surface area contributed by atoms with Crippen LogP contribution in [0.2, 0.25) is 5.02 Å². The highest BCUT2D eigenvalue weighted by Gasteiger charge is 2.04. The van der Waals surface area contributed by atoms with Crippen molar-refractivity contribution in [1.82, 2.24) is 0 Å². The Balaban J connectivity index is 2.92. The topological polar surface area (TPSA) is 20.2 Å². The molecular formula is C10H13ClO. The van der Waals surface area contributed by atoms with Gasteiger partial charge in [-0.15, -0.1) is 0 Å². The molecule has 0 heterocycles. The molecule has 12 heavy (non-hydrogen) atoms. The van der Waals surface area contributed by atoms with Gasteiger partial charge in [-0.2, -0.15) is 0 Å². The number of rotatable bonds is 2. The van der Waals surface area contributed by atoms with Crippen molar-refractivity contribution >= 4 is 11.6 Å². The fourth-order valence-electron chi connectivity index (χ4n) is 1.19. The molecule has 0 fully saturated rings. The molecular weight excluding hydrogens is 172 g/mol. The van der Waals surface area contributed by atoms with Gasteiger partial charge in [-0.05, 0) is 37.5 Å². The summed E-state index contributed by atoms with van der Waals surface area (Å²) in [4.78, 5) is 0. The maximum absolute atomic E-state index is 9.18. The lowest BCUT2D eigenvalue weighted by molar-refractivity contribution is 0.195. The number of hydrogen-bond donors (Lipinski definition) is 1. The van der Waals surface area contributed by atoms with E-state index in [9.17, 15) is 5.11 Å². The Morgan fingerprint density at radius 3 is 2.75 bits per heavy atom. The summed E-state index contributed by atoms with van der Waals surface area (Å²) in [5.41, 5.74) is 2.19. The Morgan fingerprint density at radius 2 is 2.17 bits per heavy atom. The van der Waals surface area contributed by atoms with Crippen LogP contribution in [0.25, 0.3) is 0 Å². The predicted molar refractivity (Wildman–Crippen MR) is 51.6 cm³/mol. The van der Waals surface area contributed by atoms with E-state index in [1.165, 1.54) is 0 Å². The van der Waals surface area contributed by atoms with Gasteiger partial charge in [0.05, 0.1) is 6.10 Å². The third kappa shape index (κ3) is 2.23. The summed E-state index contributed by atoms with van der Waals surface area (Å²) < 4.78 is 0. The smallest absolute Gasteiger partial charge is 0.0552 e. The lowest BCUT2D eigenvalue weighted by Gasteiger charge is -2.08. The first-order valence-electron chi connectivity index (χ1n) is 4.03. The molecule has 2 heteroatoms. The van der Waals surface area contributed by atoms with Crippen molar-refractivity contribution in [3.8, 4) is 0 Å². The summed E-state index contributed by atoms with van der Waals surface area (Å²) in [6, 6.07) is 5.77. The van der Waals surface area contributed by atoms with E-state index in [0.29, 0.717) is 6.42 Å². The first kappa shape index (κ1) is 9.56. The molecule has 0 aliphatic rings. The SMILES string of the molecule is Cc1c(Cl)cccc1C[C@@H](C)O. The third-order valence-corrected chi connectivity index (χ3v) is 2.30. The Morgan fingerprint density at radius 1 is 1.50 bits per heavy atom. The monoisotopic (exact) mass is 184 g/mol. The van der Waals surface area contributed by atoms with Gasteiger partial charge < -0.3 is 5.11 Å². The Labute approximate surface area is 78.0 Å². The quantitative estimate of drug-likeness (QED) is 0.749. The second-order valence-electron chi connectivity index (χ2n) is 3.08. The molecule has 1 atom stereocenters. The van der Waals surface area contributed by atoms with Gasteiger partial charge in [-0.1, -0.05) is 23.7 Å². The summed E-state index contributed by atoms with van der Waals surface area (Å²) in [5, 5.41) is 9.95. The minimum atomic E-state index is -0.304. The highest BCUT2D eigenvalue weighted by atomic mass is 35.5. The molecule has 0 aromatic heterocycles. The van der Waals surface area contributed by atoms with Crippen LogP contribution in [0.4, 0.5) is 0 Å². The fourth-order valence-corrected chi connectivity index (χ4v) is 1.39. The minimum Gasteiger partial charge on any atom is -0.393 e. The minimum absolute atomic E-state index is 0.304. The summed E-state index contributed by atoms with van der Waals surface area (Å²) >= 11 is 5.92.